The quantitative estimate of drug-likeness (QED) is 0.846. The Labute approximate surface area is 163 Å². The topological polar surface area (TPSA) is 68.2 Å². The highest BCUT2D eigenvalue weighted by Gasteiger charge is 2.26. The molecular formula is C20H24N4O2S. The highest BCUT2D eigenvalue weighted by atomic mass is 32.1. The lowest BCUT2D eigenvalue weighted by Crippen LogP contribution is -2.49. The van der Waals surface area contributed by atoms with Crippen molar-refractivity contribution < 1.29 is 9.90 Å². The molecule has 0 spiro atoms. The van der Waals surface area contributed by atoms with Crippen molar-refractivity contribution in [2.45, 2.75) is 20.3 Å². The summed E-state index contributed by atoms with van der Waals surface area (Å²) in [6.07, 6.45) is 0.200. The van der Waals surface area contributed by atoms with E-state index in [-0.39, 0.29) is 6.42 Å². The second-order valence-corrected chi connectivity index (χ2v) is 8.41. The smallest absolute Gasteiger partial charge is 0.304 e. The van der Waals surface area contributed by atoms with E-state index in [9.17, 15) is 4.79 Å². The fourth-order valence-electron chi connectivity index (χ4n) is 3.60. The number of fused-ring (bicyclic) bond motifs is 2. The molecule has 1 fully saturated rings. The molecular weight excluding hydrogens is 360 g/mol. The van der Waals surface area contributed by atoms with Gasteiger partial charge in [0.05, 0.1) is 23.4 Å². The van der Waals surface area contributed by atoms with E-state index in [2.05, 4.69) is 53.2 Å². The van der Waals surface area contributed by atoms with Crippen LogP contribution in [0, 0.1) is 13.8 Å². The van der Waals surface area contributed by atoms with Gasteiger partial charge in [-0.05, 0) is 37.6 Å². The van der Waals surface area contributed by atoms with Gasteiger partial charge < -0.3 is 15.3 Å². The summed E-state index contributed by atoms with van der Waals surface area (Å²) in [7, 11) is 0. The van der Waals surface area contributed by atoms with Gasteiger partial charge in [-0.25, -0.2) is 4.99 Å². The third kappa shape index (κ3) is 3.84. The van der Waals surface area contributed by atoms with E-state index in [1.54, 1.807) is 11.3 Å². The molecule has 0 saturated carbocycles. The van der Waals surface area contributed by atoms with Crippen LogP contribution in [-0.2, 0) is 4.79 Å². The Morgan fingerprint density at radius 1 is 1.22 bits per heavy atom. The Morgan fingerprint density at radius 3 is 2.74 bits per heavy atom. The molecule has 7 heteroatoms. The van der Waals surface area contributed by atoms with Gasteiger partial charge in [0, 0.05) is 37.6 Å². The van der Waals surface area contributed by atoms with Crippen LogP contribution in [0.15, 0.2) is 29.3 Å². The number of nitrogens with zero attached hydrogens (tertiary/aromatic N) is 3. The minimum atomic E-state index is -0.734. The Balaban J connectivity index is 1.61. The zero-order valence-electron chi connectivity index (χ0n) is 15.7. The zero-order valence-corrected chi connectivity index (χ0v) is 16.5. The van der Waals surface area contributed by atoms with Crippen molar-refractivity contribution in [1.29, 1.82) is 0 Å². The van der Waals surface area contributed by atoms with Gasteiger partial charge in [-0.15, -0.1) is 11.3 Å². The van der Waals surface area contributed by atoms with Gasteiger partial charge in [-0.3, -0.25) is 9.69 Å². The molecule has 27 heavy (non-hydrogen) atoms. The normalized spacial score (nSPS) is 16.8. The molecule has 0 atom stereocenters. The molecule has 2 aliphatic rings. The van der Waals surface area contributed by atoms with Crippen LogP contribution in [0.2, 0.25) is 0 Å². The minimum absolute atomic E-state index is 0.200. The van der Waals surface area contributed by atoms with Gasteiger partial charge in [0.1, 0.15) is 10.8 Å². The third-order valence-corrected chi connectivity index (χ3v) is 6.00. The van der Waals surface area contributed by atoms with Crippen molar-refractivity contribution in [3.63, 3.8) is 0 Å². The lowest BCUT2D eigenvalue weighted by molar-refractivity contribution is -0.137. The van der Waals surface area contributed by atoms with Crippen LogP contribution in [0.1, 0.15) is 22.4 Å². The zero-order chi connectivity index (χ0) is 19.0. The van der Waals surface area contributed by atoms with E-state index in [4.69, 9.17) is 10.1 Å². The number of nitrogens with one attached hydrogen (secondary N) is 1. The van der Waals surface area contributed by atoms with Crippen LogP contribution >= 0.6 is 11.3 Å². The molecule has 1 aromatic heterocycles. The maximum Gasteiger partial charge on any atom is 0.304 e. The lowest BCUT2D eigenvalue weighted by Gasteiger charge is -2.36. The van der Waals surface area contributed by atoms with Gasteiger partial charge >= 0.3 is 5.97 Å². The molecule has 3 heterocycles. The SMILES string of the molecule is Cc1ccc2c(c1)Nc1sc(C)cc1C(N1CCN(CCC(=O)O)CC1)=N2. The number of aliphatic carboxylic acids is 1. The Bertz CT molecular complexity index is 897. The molecule has 0 unspecified atom stereocenters. The van der Waals surface area contributed by atoms with Crippen molar-refractivity contribution in [3.05, 3.63) is 40.3 Å². The summed E-state index contributed by atoms with van der Waals surface area (Å²) >= 11 is 1.76. The summed E-state index contributed by atoms with van der Waals surface area (Å²) in [5.41, 5.74) is 4.38. The van der Waals surface area contributed by atoms with E-state index in [0.29, 0.717) is 6.54 Å². The fourth-order valence-corrected chi connectivity index (χ4v) is 4.52. The summed E-state index contributed by atoms with van der Waals surface area (Å²) < 4.78 is 0. The van der Waals surface area contributed by atoms with Crippen LogP contribution in [0.25, 0.3) is 0 Å². The second kappa shape index (κ2) is 7.32. The molecule has 1 aromatic carbocycles. The van der Waals surface area contributed by atoms with Gasteiger partial charge in [0.25, 0.3) is 0 Å². The molecule has 0 amide bonds. The highest BCUT2D eigenvalue weighted by Crippen LogP contribution is 2.39. The highest BCUT2D eigenvalue weighted by molar-refractivity contribution is 7.16. The maximum absolute atomic E-state index is 10.8. The first-order chi connectivity index (χ1) is 13.0. The van der Waals surface area contributed by atoms with Crippen molar-refractivity contribution in [1.82, 2.24) is 9.80 Å². The summed E-state index contributed by atoms with van der Waals surface area (Å²) in [6.45, 7) is 8.26. The molecule has 0 aliphatic carbocycles. The minimum Gasteiger partial charge on any atom is -0.481 e. The summed E-state index contributed by atoms with van der Waals surface area (Å²) in [5.74, 6) is 0.282. The molecule has 1 saturated heterocycles. The number of hydrogen-bond acceptors (Lipinski definition) is 6. The van der Waals surface area contributed by atoms with Gasteiger partial charge in [0.15, 0.2) is 0 Å². The van der Waals surface area contributed by atoms with E-state index < -0.39 is 5.97 Å². The number of carboxylic acids is 1. The molecule has 2 aliphatic heterocycles. The van der Waals surface area contributed by atoms with Crippen molar-refractivity contribution in [2.75, 3.05) is 38.0 Å². The number of carboxylic acid groups (broad SMARTS) is 1. The standard InChI is InChI=1S/C20H24N4O2S/c1-13-3-4-16-17(11-13)22-20-15(12-14(2)27-20)19(21-16)24-9-7-23(8-10-24)6-5-18(25)26/h3-4,11-12,22H,5-10H2,1-2H3,(H,25,26). The molecule has 142 valence electrons. The summed E-state index contributed by atoms with van der Waals surface area (Å²) in [5, 5.41) is 13.6. The summed E-state index contributed by atoms with van der Waals surface area (Å²) in [6, 6.07) is 8.52. The number of hydrogen-bond donors (Lipinski definition) is 2. The predicted molar refractivity (Wildman–Crippen MR) is 110 cm³/mol. The lowest BCUT2D eigenvalue weighted by atomic mass is 10.2. The van der Waals surface area contributed by atoms with Crippen molar-refractivity contribution >= 4 is 39.5 Å². The number of carbonyl (C=O) groups is 1. The van der Waals surface area contributed by atoms with Crippen LogP contribution in [0.3, 0.4) is 0 Å². The number of benzene rings is 1. The number of aliphatic imine (C=N–C) groups is 1. The van der Waals surface area contributed by atoms with Gasteiger partial charge in [0.2, 0.25) is 0 Å². The average molecular weight is 385 g/mol. The molecule has 0 radical (unpaired) electrons. The van der Waals surface area contributed by atoms with Gasteiger partial charge in [-0.1, -0.05) is 6.07 Å². The molecule has 0 bridgehead atoms. The Morgan fingerprint density at radius 2 is 2.00 bits per heavy atom. The average Bonchev–Trinajstić information content (AvgIpc) is 2.93. The first-order valence-corrected chi connectivity index (χ1v) is 10.1. The van der Waals surface area contributed by atoms with Crippen LogP contribution < -0.4 is 5.32 Å². The Hall–Kier alpha value is -2.38. The molecule has 2 N–H and O–H groups in total. The Kier molecular flexibility index (Phi) is 4.88. The number of aryl methyl sites for hydroxylation is 2. The van der Waals surface area contributed by atoms with Crippen LogP contribution in [-0.4, -0.2) is 59.4 Å². The number of amidine groups is 1. The van der Waals surface area contributed by atoms with Crippen molar-refractivity contribution in [3.8, 4) is 0 Å². The maximum atomic E-state index is 10.8. The monoisotopic (exact) mass is 384 g/mol. The summed E-state index contributed by atoms with van der Waals surface area (Å²) in [4.78, 5) is 21.7. The number of piperazine rings is 1. The predicted octanol–water partition coefficient (Wildman–Crippen LogP) is 3.59. The number of anilines is 2. The molecule has 4 rings (SSSR count). The fraction of sp³-hybridized carbons (Fsp3) is 0.400. The van der Waals surface area contributed by atoms with E-state index >= 15 is 0 Å². The number of thiophene rings is 1. The number of rotatable bonds is 3. The van der Waals surface area contributed by atoms with E-state index in [0.717, 1.165) is 54.0 Å². The third-order valence-electron chi connectivity index (χ3n) is 5.04. The largest absolute Gasteiger partial charge is 0.481 e. The van der Waals surface area contributed by atoms with Gasteiger partial charge in [-0.2, -0.15) is 0 Å². The molecule has 6 nitrogen and oxygen atoms in total. The molecule has 2 aromatic rings. The second-order valence-electron chi connectivity index (χ2n) is 7.15. The van der Waals surface area contributed by atoms with E-state index in [1.807, 2.05) is 0 Å². The van der Waals surface area contributed by atoms with Crippen LogP contribution in [0.5, 0.6) is 0 Å². The van der Waals surface area contributed by atoms with Crippen molar-refractivity contribution in [2.24, 2.45) is 4.99 Å². The van der Waals surface area contributed by atoms with E-state index in [1.165, 1.54) is 10.4 Å². The van der Waals surface area contributed by atoms with Crippen LogP contribution in [0.4, 0.5) is 16.4 Å². The first kappa shape index (κ1) is 18.0. The first-order valence-electron chi connectivity index (χ1n) is 9.26.